The summed E-state index contributed by atoms with van der Waals surface area (Å²) in [5.74, 6) is 0. The molecule has 0 aliphatic carbocycles. The topological polar surface area (TPSA) is 50.8 Å². The van der Waals surface area contributed by atoms with Gasteiger partial charge in [0.05, 0.1) is 10.7 Å². The number of carbonyl (C=O) groups is 1. The van der Waals surface area contributed by atoms with E-state index in [0.29, 0.717) is 10.7 Å². The highest BCUT2D eigenvalue weighted by atomic mass is 35.5. The van der Waals surface area contributed by atoms with Gasteiger partial charge in [-0.1, -0.05) is 60.1 Å². The molecular formula is C19H19ClN2O3. The fourth-order valence-corrected chi connectivity index (χ4v) is 2.67. The number of alkyl carbamates (subject to hydrolysis) is 1. The van der Waals surface area contributed by atoms with E-state index in [1.807, 2.05) is 67.6 Å². The predicted molar refractivity (Wildman–Crippen MR) is 97.2 cm³/mol. The molecule has 1 N–H and O–H groups in total. The first-order chi connectivity index (χ1) is 12.1. The van der Waals surface area contributed by atoms with E-state index in [1.165, 1.54) is 0 Å². The molecule has 0 bridgehead atoms. The highest BCUT2D eigenvalue weighted by molar-refractivity contribution is 6.33. The second kappa shape index (κ2) is 8.05. The molecule has 0 saturated carbocycles. The van der Waals surface area contributed by atoms with E-state index in [1.54, 1.807) is 11.1 Å². The molecule has 6 heteroatoms. The van der Waals surface area contributed by atoms with Crippen LogP contribution in [-0.2, 0) is 16.2 Å². The van der Waals surface area contributed by atoms with Gasteiger partial charge in [0, 0.05) is 0 Å². The van der Waals surface area contributed by atoms with Crippen molar-refractivity contribution < 1.29 is 14.4 Å². The van der Waals surface area contributed by atoms with Gasteiger partial charge in [-0.25, -0.2) is 9.86 Å². The molecule has 1 aliphatic heterocycles. The van der Waals surface area contributed by atoms with E-state index >= 15 is 0 Å². The van der Waals surface area contributed by atoms with Crippen LogP contribution in [0.2, 0.25) is 5.02 Å². The lowest BCUT2D eigenvalue weighted by Gasteiger charge is -2.35. The molecular weight excluding hydrogens is 340 g/mol. The van der Waals surface area contributed by atoms with Crippen molar-refractivity contribution in [1.82, 2.24) is 5.32 Å². The Morgan fingerprint density at radius 3 is 2.64 bits per heavy atom. The Balaban J connectivity index is 1.67. The minimum absolute atomic E-state index is 0.130. The first-order valence-corrected chi connectivity index (χ1v) is 8.37. The van der Waals surface area contributed by atoms with E-state index in [-0.39, 0.29) is 12.7 Å². The summed E-state index contributed by atoms with van der Waals surface area (Å²) in [4.78, 5) is 18.0. The van der Waals surface area contributed by atoms with Crippen molar-refractivity contribution >= 4 is 23.4 Å². The van der Waals surface area contributed by atoms with Crippen molar-refractivity contribution in [3.8, 4) is 0 Å². The zero-order valence-electron chi connectivity index (χ0n) is 13.8. The number of halogens is 1. The largest absolute Gasteiger partial charge is 0.445 e. The van der Waals surface area contributed by atoms with Gasteiger partial charge in [-0.2, -0.15) is 0 Å². The smallest absolute Gasteiger partial charge is 0.409 e. The average molecular weight is 359 g/mol. The van der Waals surface area contributed by atoms with E-state index in [2.05, 4.69) is 5.32 Å². The maximum atomic E-state index is 12.1. The maximum absolute atomic E-state index is 12.1. The fourth-order valence-electron chi connectivity index (χ4n) is 2.45. The summed E-state index contributed by atoms with van der Waals surface area (Å²) in [6.45, 7) is 2.11. The monoisotopic (exact) mass is 358 g/mol. The molecule has 5 nitrogen and oxygen atoms in total. The molecule has 2 aromatic rings. The summed E-state index contributed by atoms with van der Waals surface area (Å²) in [6, 6.07) is 16.8. The molecule has 0 saturated heterocycles. The van der Waals surface area contributed by atoms with Crippen molar-refractivity contribution in [1.29, 1.82) is 0 Å². The molecule has 0 radical (unpaired) electrons. The second-order valence-electron chi connectivity index (χ2n) is 5.62. The maximum Gasteiger partial charge on any atom is 0.409 e. The number of para-hydroxylation sites is 1. The highest BCUT2D eigenvalue weighted by Crippen LogP contribution is 2.29. The van der Waals surface area contributed by atoms with E-state index in [4.69, 9.17) is 21.2 Å². The second-order valence-corrected chi connectivity index (χ2v) is 6.03. The molecule has 130 valence electrons. The third-order valence-electron chi connectivity index (χ3n) is 3.67. The summed E-state index contributed by atoms with van der Waals surface area (Å²) in [5.41, 5.74) is 1.60. The SMILES string of the molecule is C[C@H]1C=C[C@@H](NC(=O)OCc2ccccc2)N(c2ccccc2Cl)O1. The van der Waals surface area contributed by atoms with Crippen molar-refractivity contribution in [2.24, 2.45) is 0 Å². The van der Waals surface area contributed by atoms with Gasteiger partial charge in [-0.05, 0) is 30.7 Å². The summed E-state index contributed by atoms with van der Waals surface area (Å²) in [7, 11) is 0. The van der Waals surface area contributed by atoms with Crippen LogP contribution in [0.3, 0.4) is 0 Å². The normalized spacial score (nSPS) is 19.5. The first-order valence-electron chi connectivity index (χ1n) is 7.99. The van der Waals surface area contributed by atoms with Gasteiger partial charge in [0.2, 0.25) is 0 Å². The van der Waals surface area contributed by atoms with Crippen LogP contribution < -0.4 is 10.4 Å². The number of carbonyl (C=O) groups excluding carboxylic acids is 1. The Morgan fingerprint density at radius 2 is 1.88 bits per heavy atom. The highest BCUT2D eigenvalue weighted by Gasteiger charge is 2.26. The lowest BCUT2D eigenvalue weighted by molar-refractivity contribution is 0.0430. The van der Waals surface area contributed by atoms with Gasteiger partial charge in [0.25, 0.3) is 0 Å². The van der Waals surface area contributed by atoms with E-state index in [9.17, 15) is 4.79 Å². The molecule has 0 spiro atoms. The molecule has 2 atom stereocenters. The molecule has 1 amide bonds. The number of nitrogens with one attached hydrogen (secondary N) is 1. The number of hydrogen-bond donors (Lipinski definition) is 1. The van der Waals surface area contributed by atoms with E-state index in [0.717, 1.165) is 5.56 Å². The third kappa shape index (κ3) is 4.53. The average Bonchev–Trinajstić information content (AvgIpc) is 2.63. The fraction of sp³-hybridized carbons (Fsp3) is 0.211. The number of amides is 1. The summed E-state index contributed by atoms with van der Waals surface area (Å²) >= 11 is 6.26. The van der Waals surface area contributed by atoms with Crippen LogP contribution in [0.25, 0.3) is 0 Å². The molecule has 0 aromatic heterocycles. The van der Waals surface area contributed by atoms with Crippen LogP contribution in [0.1, 0.15) is 12.5 Å². The van der Waals surface area contributed by atoms with Gasteiger partial charge in [-0.15, -0.1) is 0 Å². The summed E-state index contributed by atoms with van der Waals surface area (Å²) in [5, 5.41) is 4.90. The van der Waals surface area contributed by atoms with Crippen molar-refractivity contribution in [3.05, 3.63) is 77.3 Å². The number of benzene rings is 2. The van der Waals surface area contributed by atoms with Gasteiger partial charge >= 0.3 is 6.09 Å². The zero-order valence-corrected chi connectivity index (χ0v) is 14.5. The minimum atomic E-state index is -0.534. The zero-order chi connectivity index (χ0) is 17.6. The van der Waals surface area contributed by atoms with Crippen molar-refractivity contribution in [2.75, 3.05) is 5.06 Å². The minimum Gasteiger partial charge on any atom is -0.445 e. The molecule has 2 aromatic carbocycles. The molecule has 0 fully saturated rings. The molecule has 0 unspecified atom stereocenters. The van der Waals surface area contributed by atoms with Gasteiger partial charge in [0.15, 0.2) is 0 Å². The van der Waals surface area contributed by atoms with Crippen LogP contribution in [0, 0.1) is 0 Å². The number of hydrogen-bond acceptors (Lipinski definition) is 4. The summed E-state index contributed by atoms with van der Waals surface area (Å²) < 4.78 is 5.27. The molecule has 1 heterocycles. The lowest BCUT2D eigenvalue weighted by Crippen LogP contribution is -2.50. The van der Waals surface area contributed by atoms with Crippen LogP contribution in [0.4, 0.5) is 10.5 Å². The number of rotatable bonds is 4. The van der Waals surface area contributed by atoms with Crippen LogP contribution in [-0.4, -0.2) is 18.4 Å². The third-order valence-corrected chi connectivity index (χ3v) is 3.98. The Morgan fingerprint density at radius 1 is 1.16 bits per heavy atom. The van der Waals surface area contributed by atoms with Crippen molar-refractivity contribution in [2.45, 2.75) is 25.8 Å². The predicted octanol–water partition coefficient (Wildman–Crippen LogP) is 4.29. The molecule has 1 aliphatic rings. The van der Waals surface area contributed by atoms with Gasteiger partial charge in [0.1, 0.15) is 18.9 Å². The van der Waals surface area contributed by atoms with E-state index < -0.39 is 12.3 Å². The molecule has 3 rings (SSSR count). The number of anilines is 1. The Hall–Kier alpha value is -2.50. The number of ether oxygens (including phenoxy) is 1. The van der Waals surface area contributed by atoms with Gasteiger partial charge in [-0.3, -0.25) is 10.2 Å². The Labute approximate surface area is 151 Å². The van der Waals surface area contributed by atoms with Crippen LogP contribution in [0.5, 0.6) is 0 Å². The Bertz CT molecular complexity index is 751. The number of hydroxylamine groups is 1. The quantitative estimate of drug-likeness (QED) is 0.828. The standard InChI is InChI=1S/C19H19ClN2O3/c1-14-11-12-18(22(25-14)17-10-6-5-9-16(17)20)21-19(23)24-13-15-7-3-2-4-8-15/h2-12,14,18H,13H2,1H3,(H,21,23)/t14-,18-/m0/s1. The van der Waals surface area contributed by atoms with Crippen molar-refractivity contribution in [3.63, 3.8) is 0 Å². The Kier molecular flexibility index (Phi) is 5.58. The van der Waals surface area contributed by atoms with Crippen LogP contribution in [0.15, 0.2) is 66.7 Å². The lowest BCUT2D eigenvalue weighted by atomic mass is 10.2. The first kappa shape index (κ1) is 17.3. The van der Waals surface area contributed by atoms with Crippen LogP contribution >= 0.6 is 11.6 Å². The summed E-state index contributed by atoms with van der Waals surface area (Å²) in [6.07, 6.45) is 2.54. The molecule has 25 heavy (non-hydrogen) atoms. The van der Waals surface area contributed by atoms with Gasteiger partial charge < -0.3 is 4.74 Å². The number of nitrogens with zero attached hydrogens (tertiary/aromatic N) is 1.